The highest BCUT2D eigenvalue weighted by Crippen LogP contribution is 2.39. The second kappa shape index (κ2) is 9.67. The number of fused-ring (bicyclic) bond motifs is 1. The maximum absolute atomic E-state index is 15.0. The van der Waals surface area contributed by atoms with Crippen molar-refractivity contribution in [3.63, 3.8) is 0 Å². The average Bonchev–Trinajstić information content (AvgIpc) is 2.81. The number of rotatable bonds is 4. The van der Waals surface area contributed by atoms with Crippen LogP contribution in [-0.2, 0) is 6.18 Å². The lowest BCUT2D eigenvalue weighted by Crippen LogP contribution is -2.48. The molecule has 0 aliphatic carbocycles. The van der Waals surface area contributed by atoms with Crippen molar-refractivity contribution in [2.75, 3.05) is 18.4 Å². The first kappa shape index (κ1) is 26.4. The SMILES string of the molecule is Cc1nc2c(F)c(C(F)(F)F)c(C(C)Nc3ncc(C(=O)N4CC(C)C(F)C(C)C4)cn3)cc2c(=O)[nH]1. The molecule has 3 atom stereocenters. The molecule has 1 aliphatic rings. The lowest BCUT2D eigenvalue weighted by Gasteiger charge is -2.37. The zero-order chi connectivity index (χ0) is 27.2. The summed E-state index contributed by atoms with van der Waals surface area (Å²) < 4.78 is 70.7. The van der Waals surface area contributed by atoms with Crippen molar-refractivity contribution in [2.24, 2.45) is 11.8 Å². The van der Waals surface area contributed by atoms with E-state index in [1.807, 2.05) is 0 Å². The Balaban J connectivity index is 1.61. The first-order valence-electron chi connectivity index (χ1n) is 11.6. The summed E-state index contributed by atoms with van der Waals surface area (Å²) in [6.07, 6.45) is -3.65. The standard InChI is InChI=1S/C24H25F5N6O2/c1-10-8-35(9-11(2)18(10)25)22(37)14-6-30-23(31-7-14)32-12(3)15-5-16-20(33-13(4)34-21(16)36)19(26)17(15)24(27,28)29/h5-7,10-12,18H,8-9H2,1-4H3,(H,30,31,32)(H,33,34,36). The molecule has 3 heterocycles. The van der Waals surface area contributed by atoms with Gasteiger partial charge in [-0.2, -0.15) is 13.2 Å². The topological polar surface area (TPSA) is 104 Å². The molecule has 1 aliphatic heterocycles. The van der Waals surface area contributed by atoms with Crippen LogP contribution < -0.4 is 10.9 Å². The number of carbonyl (C=O) groups is 1. The van der Waals surface area contributed by atoms with Gasteiger partial charge in [-0.25, -0.2) is 23.7 Å². The molecule has 1 aromatic carbocycles. The predicted octanol–water partition coefficient (Wildman–Crippen LogP) is 4.42. The molecule has 0 bridgehead atoms. The lowest BCUT2D eigenvalue weighted by molar-refractivity contribution is -0.140. The van der Waals surface area contributed by atoms with E-state index in [-0.39, 0.29) is 53.6 Å². The highest BCUT2D eigenvalue weighted by molar-refractivity contribution is 5.93. The highest BCUT2D eigenvalue weighted by atomic mass is 19.4. The minimum absolute atomic E-state index is 0.0236. The third-order valence-corrected chi connectivity index (χ3v) is 6.48. The third kappa shape index (κ3) is 5.12. The lowest BCUT2D eigenvalue weighted by atomic mass is 9.89. The van der Waals surface area contributed by atoms with Gasteiger partial charge in [0.1, 0.15) is 17.5 Å². The number of carbonyl (C=O) groups excluding carboxylic acids is 1. The average molecular weight is 524 g/mol. The van der Waals surface area contributed by atoms with Crippen LogP contribution in [-0.4, -0.2) is 50.0 Å². The van der Waals surface area contributed by atoms with E-state index in [1.54, 1.807) is 13.8 Å². The molecule has 0 radical (unpaired) electrons. The summed E-state index contributed by atoms with van der Waals surface area (Å²) in [6.45, 7) is 6.59. The number of hydrogen-bond donors (Lipinski definition) is 2. The van der Waals surface area contributed by atoms with Gasteiger partial charge in [-0.1, -0.05) is 13.8 Å². The molecular formula is C24H25F5N6O2. The molecule has 1 amide bonds. The van der Waals surface area contributed by atoms with E-state index in [2.05, 4.69) is 25.3 Å². The number of halogens is 5. The van der Waals surface area contributed by atoms with Gasteiger partial charge in [0.15, 0.2) is 5.82 Å². The summed E-state index contributed by atoms with van der Waals surface area (Å²) in [5.74, 6) is -2.82. The van der Waals surface area contributed by atoms with Gasteiger partial charge in [0.05, 0.1) is 22.6 Å². The molecule has 0 saturated carbocycles. The fourth-order valence-electron chi connectivity index (χ4n) is 4.66. The molecule has 1 fully saturated rings. The number of benzene rings is 1. The fraction of sp³-hybridized carbons (Fsp3) is 0.458. The van der Waals surface area contributed by atoms with E-state index >= 15 is 4.39 Å². The van der Waals surface area contributed by atoms with Crippen molar-refractivity contribution in [1.82, 2.24) is 24.8 Å². The van der Waals surface area contributed by atoms with Crippen LogP contribution in [0.3, 0.4) is 0 Å². The molecule has 37 heavy (non-hydrogen) atoms. The Bertz CT molecular complexity index is 1380. The number of aromatic nitrogens is 4. The molecule has 198 valence electrons. The number of H-pyrrole nitrogens is 1. The molecule has 2 aromatic heterocycles. The normalized spacial score (nSPS) is 21.2. The molecule has 3 unspecified atom stereocenters. The second-order valence-corrected chi connectivity index (χ2v) is 9.47. The summed E-state index contributed by atoms with van der Waals surface area (Å²) in [7, 11) is 0. The number of nitrogens with zero attached hydrogens (tertiary/aromatic N) is 4. The van der Waals surface area contributed by atoms with E-state index in [4.69, 9.17) is 0 Å². The van der Waals surface area contributed by atoms with Crippen molar-refractivity contribution in [2.45, 2.75) is 46.1 Å². The van der Waals surface area contributed by atoms with Gasteiger partial charge < -0.3 is 15.2 Å². The number of anilines is 1. The van der Waals surface area contributed by atoms with E-state index < -0.39 is 46.4 Å². The van der Waals surface area contributed by atoms with Crippen LogP contribution in [0.1, 0.15) is 54.1 Å². The van der Waals surface area contributed by atoms with Crippen LogP contribution in [0.5, 0.6) is 0 Å². The Labute approximate surface area is 208 Å². The van der Waals surface area contributed by atoms with Crippen molar-refractivity contribution in [3.05, 3.63) is 57.1 Å². The second-order valence-electron chi connectivity index (χ2n) is 9.47. The monoisotopic (exact) mass is 524 g/mol. The maximum Gasteiger partial charge on any atom is 0.419 e. The Morgan fingerprint density at radius 3 is 2.35 bits per heavy atom. The van der Waals surface area contributed by atoms with Crippen molar-refractivity contribution >= 4 is 22.8 Å². The van der Waals surface area contributed by atoms with Crippen LogP contribution in [0.4, 0.5) is 27.9 Å². The van der Waals surface area contributed by atoms with Crippen LogP contribution in [0.25, 0.3) is 10.9 Å². The van der Waals surface area contributed by atoms with Gasteiger partial charge in [-0.3, -0.25) is 9.59 Å². The van der Waals surface area contributed by atoms with Crippen LogP contribution in [0.15, 0.2) is 23.3 Å². The van der Waals surface area contributed by atoms with Gasteiger partial charge >= 0.3 is 6.18 Å². The Kier molecular flexibility index (Phi) is 6.91. The van der Waals surface area contributed by atoms with Crippen LogP contribution in [0, 0.1) is 24.6 Å². The zero-order valence-electron chi connectivity index (χ0n) is 20.5. The van der Waals surface area contributed by atoms with Gasteiger partial charge in [-0.05, 0) is 25.5 Å². The van der Waals surface area contributed by atoms with Gasteiger partial charge in [-0.15, -0.1) is 0 Å². The zero-order valence-corrected chi connectivity index (χ0v) is 20.5. The first-order chi connectivity index (χ1) is 17.3. The van der Waals surface area contributed by atoms with Crippen LogP contribution in [0.2, 0.25) is 0 Å². The number of aromatic amines is 1. The van der Waals surface area contributed by atoms with E-state index in [0.29, 0.717) is 0 Å². The number of alkyl halides is 4. The molecule has 0 spiro atoms. The molecule has 4 rings (SSSR count). The molecule has 1 saturated heterocycles. The Morgan fingerprint density at radius 2 is 1.78 bits per heavy atom. The fourth-order valence-corrected chi connectivity index (χ4v) is 4.66. The van der Waals surface area contributed by atoms with Gasteiger partial charge in [0.25, 0.3) is 11.5 Å². The number of aryl methyl sites for hydroxylation is 1. The molecule has 13 heteroatoms. The number of hydrogen-bond acceptors (Lipinski definition) is 6. The van der Waals surface area contributed by atoms with Crippen molar-refractivity contribution in [3.8, 4) is 0 Å². The van der Waals surface area contributed by atoms with E-state index in [9.17, 15) is 27.2 Å². The highest BCUT2D eigenvalue weighted by Gasteiger charge is 2.40. The molecule has 3 aromatic rings. The predicted molar refractivity (Wildman–Crippen MR) is 125 cm³/mol. The number of piperidine rings is 1. The Hall–Kier alpha value is -3.64. The van der Waals surface area contributed by atoms with E-state index in [0.717, 1.165) is 6.07 Å². The van der Waals surface area contributed by atoms with Crippen molar-refractivity contribution in [1.29, 1.82) is 0 Å². The molecular weight excluding hydrogens is 499 g/mol. The quantitative estimate of drug-likeness (QED) is 0.490. The Morgan fingerprint density at radius 1 is 1.19 bits per heavy atom. The summed E-state index contributed by atoms with van der Waals surface area (Å²) >= 11 is 0. The first-order valence-corrected chi connectivity index (χ1v) is 11.6. The van der Waals surface area contributed by atoms with E-state index in [1.165, 1.54) is 31.1 Å². The van der Waals surface area contributed by atoms with Crippen molar-refractivity contribution < 1.29 is 26.7 Å². The summed E-state index contributed by atoms with van der Waals surface area (Å²) in [5, 5.41) is 2.33. The summed E-state index contributed by atoms with van der Waals surface area (Å²) in [4.78, 5) is 40.8. The molecule has 2 N–H and O–H groups in total. The largest absolute Gasteiger partial charge is 0.419 e. The number of nitrogens with one attached hydrogen (secondary N) is 2. The van der Waals surface area contributed by atoms with Crippen LogP contribution >= 0.6 is 0 Å². The summed E-state index contributed by atoms with van der Waals surface area (Å²) in [6, 6.07) is -0.234. The third-order valence-electron chi connectivity index (χ3n) is 6.48. The molecule has 8 nitrogen and oxygen atoms in total. The summed E-state index contributed by atoms with van der Waals surface area (Å²) in [5.41, 5.74) is -3.40. The minimum Gasteiger partial charge on any atom is -0.348 e. The maximum atomic E-state index is 15.0. The van der Waals surface area contributed by atoms with Gasteiger partial charge in [0, 0.05) is 37.3 Å². The smallest absolute Gasteiger partial charge is 0.348 e. The number of likely N-dealkylation sites (tertiary alicyclic amines) is 1. The van der Waals surface area contributed by atoms with Gasteiger partial charge in [0.2, 0.25) is 5.95 Å². The minimum atomic E-state index is -5.07. The number of amides is 1.